The van der Waals surface area contributed by atoms with E-state index in [4.69, 9.17) is 4.74 Å². The van der Waals surface area contributed by atoms with Crippen LogP contribution in [-0.4, -0.2) is 45.9 Å². The van der Waals surface area contributed by atoms with E-state index < -0.39 is 35.9 Å². The molecular formula is C13H13NO6. The first-order valence-electron chi connectivity index (χ1n) is 6.79. The number of amides is 2. The summed E-state index contributed by atoms with van der Waals surface area (Å²) in [6, 6.07) is -0.578. The Hall–Kier alpha value is -1.92. The van der Waals surface area contributed by atoms with Crippen LogP contribution in [0, 0.1) is 23.7 Å². The highest BCUT2D eigenvalue weighted by atomic mass is 16.6. The number of esters is 1. The molecule has 20 heavy (non-hydrogen) atoms. The Balaban J connectivity index is 1.76. The second kappa shape index (κ2) is 3.59. The normalized spacial score (nSPS) is 45.4. The predicted octanol–water partition coefficient (Wildman–Crippen LogP) is -0.604. The maximum absolute atomic E-state index is 11.9. The monoisotopic (exact) mass is 279 g/mol. The van der Waals surface area contributed by atoms with Gasteiger partial charge in [-0.15, -0.1) is 0 Å². The molecule has 2 aliphatic carbocycles. The summed E-state index contributed by atoms with van der Waals surface area (Å²) in [5.74, 6) is -4.05. The van der Waals surface area contributed by atoms with Gasteiger partial charge in [0.1, 0.15) is 6.10 Å². The summed E-state index contributed by atoms with van der Waals surface area (Å²) in [7, 11) is 0. The van der Waals surface area contributed by atoms with E-state index in [0.717, 1.165) is 0 Å². The van der Waals surface area contributed by atoms with Crippen molar-refractivity contribution in [3.8, 4) is 0 Å². The molecule has 2 aliphatic heterocycles. The standard InChI is InChI=1S/C13H13NO6/c15-6-1-2-7(16)14(6)10-4-3-5-9(8(4)12(17)18)13(19)20-11(5)10/h4-5,8-11H,1-3H2,(H,17,18)/t4-,5-,8+,9-,10-,11-/m0/s1. The number of likely N-dealkylation sites (tertiary alicyclic amines) is 1. The summed E-state index contributed by atoms with van der Waals surface area (Å²) in [4.78, 5) is 48.3. The van der Waals surface area contributed by atoms with Gasteiger partial charge in [-0.05, 0) is 12.3 Å². The molecule has 0 aromatic heterocycles. The minimum atomic E-state index is -1.04. The van der Waals surface area contributed by atoms with Crippen LogP contribution >= 0.6 is 0 Å². The number of fused-ring (bicyclic) bond motifs is 1. The molecule has 0 radical (unpaired) electrons. The molecule has 4 fully saturated rings. The lowest BCUT2D eigenvalue weighted by molar-refractivity contribution is -0.152. The molecule has 7 nitrogen and oxygen atoms in total. The highest BCUT2D eigenvalue weighted by Crippen LogP contribution is 2.59. The van der Waals surface area contributed by atoms with E-state index in [9.17, 15) is 24.3 Å². The third-order valence-electron chi connectivity index (χ3n) is 5.25. The van der Waals surface area contributed by atoms with E-state index in [0.29, 0.717) is 6.42 Å². The number of rotatable bonds is 2. The van der Waals surface area contributed by atoms with Crippen LogP contribution in [0.3, 0.4) is 0 Å². The molecular weight excluding hydrogens is 266 g/mol. The molecule has 0 aromatic rings. The number of carbonyl (C=O) groups is 4. The van der Waals surface area contributed by atoms with E-state index in [1.165, 1.54) is 4.90 Å². The van der Waals surface area contributed by atoms with Crippen LogP contribution in [0.15, 0.2) is 0 Å². The Bertz CT molecular complexity index is 541. The highest BCUT2D eigenvalue weighted by molar-refractivity contribution is 6.02. The van der Waals surface area contributed by atoms with Crippen LogP contribution in [0.5, 0.6) is 0 Å². The molecule has 7 heteroatoms. The Morgan fingerprint density at radius 3 is 2.40 bits per heavy atom. The number of hydrogen-bond acceptors (Lipinski definition) is 5. The largest absolute Gasteiger partial charge is 0.481 e. The van der Waals surface area contributed by atoms with Gasteiger partial charge < -0.3 is 9.84 Å². The van der Waals surface area contributed by atoms with E-state index in [-0.39, 0.29) is 36.5 Å². The van der Waals surface area contributed by atoms with Crippen molar-refractivity contribution in [2.75, 3.05) is 0 Å². The molecule has 6 atom stereocenters. The van der Waals surface area contributed by atoms with Crippen LogP contribution < -0.4 is 0 Å². The molecule has 2 amide bonds. The van der Waals surface area contributed by atoms with E-state index in [1.807, 2.05) is 0 Å². The van der Waals surface area contributed by atoms with Crippen molar-refractivity contribution in [2.24, 2.45) is 23.7 Å². The Kier molecular flexibility index (Phi) is 2.13. The lowest BCUT2D eigenvalue weighted by Gasteiger charge is -2.34. The van der Waals surface area contributed by atoms with Gasteiger partial charge >= 0.3 is 11.9 Å². The van der Waals surface area contributed by atoms with Gasteiger partial charge in [0.25, 0.3) is 0 Å². The van der Waals surface area contributed by atoms with E-state index in [2.05, 4.69) is 0 Å². The highest BCUT2D eigenvalue weighted by Gasteiger charge is 2.70. The number of carboxylic acids is 1. The van der Waals surface area contributed by atoms with Gasteiger partial charge in [-0.2, -0.15) is 0 Å². The maximum atomic E-state index is 11.9. The predicted molar refractivity (Wildman–Crippen MR) is 61.0 cm³/mol. The van der Waals surface area contributed by atoms with Gasteiger partial charge in [0.05, 0.1) is 17.9 Å². The van der Waals surface area contributed by atoms with E-state index >= 15 is 0 Å². The minimum Gasteiger partial charge on any atom is -0.481 e. The average Bonchev–Trinajstić information content (AvgIpc) is 3.05. The van der Waals surface area contributed by atoms with Gasteiger partial charge in [-0.25, -0.2) is 0 Å². The zero-order valence-corrected chi connectivity index (χ0v) is 10.5. The molecule has 0 spiro atoms. The third-order valence-corrected chi connectivity index (χ3v) is 5.25. The van der Waals surface area contributed by atoms with Crippen molar-refractivity contribution in [3.63, 3.8) is 0 Å². The first-order chi connectivity index (χ1) is 9.50. The fraction of sp³-hybridized carbons (Fsp3) is 0.692. The van der Waals surface area contributed by atoms with Crippen LogP contribution in [0.1, 0.15) is 19.3 Å². The molecule has 0 unspecified atom stereocenters. The summed E-state index contributed by atoms with van der Waals surface area (Å²) < 4.78 is 5.29. The summed E-state index contributed by atoms with van der Waals surface area (Å²) in [5.41, 5.74) is 0. The Morgan fingerprint density at radius 1 is 1.15 bits per heavy atom. The molecule has 4 rings (SSSR count). The lowest BCUT2D eigenvalue weighted by Crippen LogP contribution is -2.52. The third kappa shape index (κ3) is 1.21. The maximum Gasteiger partial charge on any atom is 0.310 e. The Morgan fingerprint density at radius 2 is 1.80 bits per heavy atom. The van der Waals surface area contributed by atoms with Crippen LogP contribution in [-0.2, 0) is 23.9 Å². The molecule has 2 bridgehead atoms. The van der Waals surface area contributed by atoms with Gasteiger partial charge in [-0.3, -0.25) is 24.1 Å². The van der Waals surface area contributed by atoms with Crippen molar-refractivity contribution >= 4 is 23.8 Å². The van der Waals surface area contributed by atoms with Gasteiger partial charge in [0, 0.05) is 18.8 Å². The summed E-state index contributed by atoms with van der Waals surface area (Å²) in [5, 5.41) is 9.37. The minimum absolute atomic E-state index is 0.161. The van der Waals surface area contributed by atoms with Crippen LogP contribution in [0.25, 0.3) is 0 Å². The number of imide groups is 1. The number of ether oxygens (including phenoxy) is 1. The van der Waals surface area contributed by atoms with Gasteiger partial charge in [-0.1, -0.05) is 0 Å². The topological polar surface area (TPSA) is 101 Å². The summed E-state index contributed by atoms with van der Waals surface area (Å²) in [6.07, 6.45) is 0.363. The van der Waals surface area contributed by atoms with Crippen molar-refractivity contribution in [2.45, 2.75) is 31.4 Å². The SMILES string of the molecule is O=C(O)[C@@H]1[C@@H]2C[C@@H]3[C@H](OC(=O)[C@@H]31)[C@H]2N1C(=O)CCC1=O. The van der Waals surface area contributed by atoms with Gasteiger partial charge in [0.15, 0.2) is 0 Å². The van der Waals surface area contributed by atoms with Gasteiger partial charge in [0.2, 0.25) is 11.8 Å². The second-order valence-electron chi connectivity index (χ2n) is 6.00. The molecule has 2 saturated carbocycles. The van der Waals surface area contributed by atoms with Crippen molar-refractivity contribution in [3.05, 3.63) is 0 Å². The quantitative estimate of drug-likeness (QED) is 0.535. The van der Waals surface area contributed by atoms with E-state index in [1.54, 1.807) is 0 Å². The zero-order valence-electron chi connectivity index (χ0n) is 10.5. The molecule has 0 aromatic carbocycles. The van der Waals surface area contributed by atoms with Crippen LogP contribution in [0.2, 0.25) is 0 Å². The second-order valence-corrected chi connectivity index (χ2v) is 6.00. The summed E-state index contributed by atoms with van der Waals surface area (Å²) in [6.45, 7) is 0. The first kappa shape index (κ1) is 11.9. The number of hydrogen-bond donors (Lipinski definition) is 1. The molecule has 106 valence electrons. The van der Waals surface area contributed by atoms with Crippen molar-refractivity contribution < 1.29 is 29.0 Å². The van der Waals surface area contributed by atoms with Crippen molar-refractivity contribution in [1.29, 1.82) is 0 Å². The number of carboxylic acid groups (broad SMARTS) is 1. The van der Waals surface area contributed by atoms with Crippen LogP contribution in [0.4, 0.5) is 0 Å². The molecule has 2 heterocycles. The number of carbonyl (C=O) groups excluding carboxylic acids is 3. The summed E-state index contributed by atoms with van der Waals surface area (Å²) >= 11 is 0. The molecule has 1 N–H and O–H groups in total. The lowest BCUT2D eigenvalue weighted by atomic mass is 9.77. The fourth-order valence-corrected chi connectivity index (χ4v) is 4.62. The average molecular weight is 279 g/mol. The number of nitrogens with zero attached hydrogens (tertiary/aromatic N) is 1. The first-order valence-corrected chi connectivity index (χ1v) is 6.79. The Labute approximate surface area is 113 Å². The smallest absolute Gasteiger partial charge is 0.310 e. The van der Waals surface area contributed by atoms with Crippen molar-refractivity contribution in [1.82, 2.24) is 4.90 Å². The number of aliphatic carboxylic acids is 1. The zero-order chi connectivity index (χ0) is 14.2. The molecule has 2 saturated heterocycles. The molecule has 4 aliphatic rings. The fourth-order valence-electron chi connectivity index (χ4n) is 4.62.